The molecule has 1 aliphatic rings. The molecule has 1 saturated heterocycles. The summed E-state index contributed by atoms with van der Waals surface area (Å²) in [5, 5.41) is 19.3. The first-order valence-electron chi connectivity index (χ1n) is 10.6. The van der Waals surface area contributed by atoms with Crippen LogP contribution in [-0.4, -0.2) is 54.4 Å². The Balaban J connectivity index is 2.18. The van der Waals surface area contributed by atoms with Gasteiger partial charge in [-0.2, -0.15) is 0 Å². The van der Waals surface area contributed by atoms with Crippen molar-refractivity contribution in [1.82, 2.24) is 4.57 Å². The third-order valence-corrected chi connectivity index (χ3v) is 5.93. The van der Waals surface area contributed by atoms with Gasteiger partial charge in [0.15, 0.2) is 0 Å². The molecule has 0 amide bonds. The minimum atomic E-state index is -0.948. The number of aromatic nitrogens is 1. The molecule has 0 saturated carbocycles. The number of nitrogens with two attached hydrogens (primary N) is 1. The maximum Gasteiger partial charge on any atom is 0.343 e. The van der Waals surface area contributed by atoms with E-state index in [1.165, 1.54) is 16.8 Å². The van der Waals surface area contributed by atoms with Gasteiger partial charge in [0.05, 0.1) is 41.9 Å². The highest BCUT2D eigenvalue weighted by molar-refractivity contribution is 6.39. The van der Waals surface area contributed by atoms with E-state index in [1.807, 2.05) is 0 Å². The van der Waals surface area contributed by atoms with Crippen molar-refractivity contribution in [2.24, 2.45) is 0 Å². The third kappa shape index (κ3) is 3.61. The average molecular weight is 469 g/mol. The SMILES string of the molecule is [B]c1c(F)c(N2CC(O)C2)c(C)c2c1c(=O)c(C(=O)OCC)cn2-c1cc(N)c(F)cc1CO. The fourth-order valence-electron chi connectivity index (χ4n) is 4.28. The largest absolute Gasteiger partial charge is 0.462 e. The molecular weight excluding hydrogens is 447 g/mol. The fraction of sp³-hybridized carbons (Fsp3) is 0.304. The number of nitrogens with zero attached hydrogens (tertiary/aromatic N) is 2. The molecule has 1 aliphatic heterocycles. The molecule has 2 heterocycles. The molecular formula is C23H22BF2N3O5. The van der Waals surface area contributed by atoms with Gasteiger partial charge in [-0.05, 0) is 31.4 Å². The fourth-order valence-corrected chi connectivity index (χ4v) is 4.28. The number of pyridine rings is 1. The Kier molecular flexibility index (Phi) is 6.09. The molecule has 0 unspecified atom stereocenters. The standard InChI is InChI=1S/C23H22BF2N3O5/c1-3-34-23(33)13-8-29(16-5-15(27)14(25)4-11(16)9-30)20-10(2)21(28-6-12(31)7-28)19(26)18(24)17(20)22(13)32/h4-5,8,12,30-31H,3,6-7,9,27H2,1-2H3. The van der Waals surface area contributed by atoms with Gasteiger partial charge in [-0.15, -0.1) is 0 Å². The number of fused-ring (bicyclic) bond motifs is 1. The molecule has 2 aromatic carbocycles. The van der Waals surface area contributed by atoms with E-state index >= 15 is 4.39 Å². The molecule has 0 atom stereocenters. The van der Waals surface area contributed by atoms with Crippen molar-refractivity contribution < 1.29 is 28.5 Å². The number of hydrogen-bond donors (Lipinski definition) is 3. The van der Waals surface area contributed by atoms with Crippen LogP contribution in [0.15, 0.2) is 23.1 Å². The van der Waals surface area contributed by atoms with Gasteiger partial charge in [0.25, 0.3) is 0 Å². The highest BCUT2D eigenvalue weighted by Crippen LogP contribution is 2.34. The number of esters is 1. The minimum Gasteiger partial charge on any atom is -0.462 e. The zero-order valence-electron chi connectivity index (χ0n) is 18.6. The lowest BCUT2D eigenvalue weighted by molar-refractivity contribution is 0.0524. The molecule has 8 nitrogen and oxygen atoms in total. The van der Waals surface area contributed by atoms with Gasteiger partial charge in [0.2, 0.25) is 5.43 Å². The Morgan fingerprint density at radius 3 is 2.59 bits per heavy atom. The number of carbonyl (C=O) groups excluding carboxylic acids is 1. The van der Waals surface area contributed by atoms with Crippen LogP contribution in [0.3, 0.4) is 0 Å². The molecule has 0 aliphatic carbocycles. The summed E-state index contributed by atoms with van der Waals surface area (Å²) < 4.78 is 35.9. The molecule has 0 spiro atoms. The van der Waals surface area contributed by atoms with Crippen LogP contribution >= 0.6 is 0 Å². The zero-order chi connectivity index (χ0) is 24.9. The van der Waals surface area contributed by atoms with Crippen LogP contribution in [0.1, 0.15) is 28.4 Å². The number of ether oxygens (including phenoxy) is 1. The lowest BCUT2D eigenvalue weighted by Crippen LogP contribution is -2.52. The monoisotopic (exact) mass is 469 g/mol. The first-order chi connectivity index (χ1) is 16.1. The summed E-state index contributed by atoms with van der Waals surface area (Å²) in [4.78, 5) is 27.4. The third-order valence-electron chi connectivity index (χ3n) is 5.93. The van der Waals surface area contributed by atoms with Crippen molar-refractivity contribution in [1.29, 1.82) is 0 Å². The van der Waals surface area contributed by atoms with E-state index < -0.39 is 46.8 Å². The number of carbonyl (C=O) groups is 1. The van der Waals surface area contributed by atoms with Crippen LogP contribution in [0.25, 0.3) is 16.6 Å². The van der Waals surface area contributed by atoms with Crippen LogP contribution < -0.4 is 21.5 Å². The first kappa shape index (κ1) is 23.7. The molecule has 2 radical (unpaired) electrons. The Morgan fingerprint density at radius 1 is 1.32 bits per heavy atom. The quantitative estimate of drug-likeness (QED) is 0.288. The first-order valence-corrected chi connectivity index (χ1v) is 10.6. The van der Waals surface area contributed by atoms with Gasteiger partial charge in [0, 0.05) is 35.8 Å². The molecule has 176 valence electrons. The Labute approximate surface area is 194 Å². The van der Waals surface area contributed by atoms with E-state index in [-0.39, 0.29) is 53.2 Å². The van der Waals surface area contributed by atoms with Gasteiger partial charge in [0.1, 0.15) is 25.0 Å². The maximum absolute atomic E-state index is 15.4. The van der Waals surface area contributed by atoms with E-state index in [4.69, 9.17) is 18.3 Å². The topological polar surface area (TPSA) is 118 Å². The van der Waals surface area contributed by atoms with E-state index in [1.54, 1.807) is 18.7 Å². The Hall–Kier alpha value is -3.44. The van der Waals surface area contributed by atoms with Crippen molar-refractivity contribution in [2.45, 2.75) is 26.6 Å². The second-order valence-corrected chi connectivity index (χ2v) is 8.11. The molecule has 0 bridgehead atoms. The van der Waals surface area contributed by atoms with Gasteiger partial charge >= 0.3 is 5.97 Å². The summed E-state index contributed by atoms with van der Waals surface area (Å²) in [5.41, 5.74) is 4.61. The molecule has 3 aromatic rings. The second kappa shape index (κ2) is 8.73. The molecule has 34 heavy (non-hydrogen) atoms. The maximum atomic E-state index is 15.4. The number of nitrogen functional groups attached to an aromatic ring is 1. The number of aliphatic hydroxyl groups is 2. The summed E-state index contributed by atoms with van der Waals surface area (Å²) in [6.45, 7) is 2.86. The van der Waals surface area contributed by atoms with E-state index in [0.29, 0.717) is 5.56 Å². The van der Waals surface area contributed by atoms with E-state index in [2.05, 4.69) is 0 Å². The molecule has 1 aromatic heterocycles. The summed E-state index contributed by atoms with van der Waals surface area (Å²) in [6, 6.07) is 2.28. The summed E-state index contributed by atoms with van der Waals surface area (Å²) in [6.07, 6.45) is 0.551. The number of benzene rings is 2. The number of rotatable bonds is 5. The van der Waals surface area contributed by atoms with Crippen LogP contribution in [0.2, 0.25) is 0 Å². The van der Waals surface area contributed by atoms with Crippen LogP contribution in [-0.2, 0) is 11.3 Å². The van der Waals surface area contributed by atoms with E-state index in [0.717, 1.165) is 6.07 Å². The smallest absolute Gasteiger partial charge is 0.343 e. The van der Waals surface area contributed by atoms with Crippen molar-refractivity contribution in [3.05, 3.63) is 56.9 Å². The van der Waals surface area contributed by atoms with Crippen molar-refractivity contribution in [3.63, 3.8) is 0 Å². The molecule has 11 heteroatoms. The van der Waals surface area contributed by atoms with Crippen LogP contribution in [0.5, 0.6) is 0 Å². The normalized spacial score (nSPS) is 13.9. The molecule has 1 fully saturated rings. The number of hydrogen-bond acceptors (Lipinski definition) is 7. The van der Waals surface area contributed by atoms with Crippen molar-refractivity contribution in [3.8, 4) is 5.69 Å². The number of aryl methyl sites for hydroxylation is 1. The van der Waals surface area contributed by atoms with Crippen LogP contribution in [0.4, 0.5) is 20.2 Å². The van der Waals surface area contributed by atoms with Gasteiger partial charge in [-0.1, -0.05) is 0 Å². The number of β-amino-alcohol motifs (C(OH)–C–C–N with tert-alkyl or cyclic N) is 1. The van der Waals surface area contributed by atoms with Gasteiger partial charge < -0.3 is 30.2 Å². The average Bonchev–Trinajstić information content (AvgIpc) is 2.77. The summed E-state index contributed by atoms with van der Waals surface area (Å²) in [5.74, 6) is -2.57. The molecule has 4 N–H and O–H groups in total. The summed E-state index contributed by atoms with van der Waals surface area (Å²) in [7, 11) is 6.09. The van der Waals surface area contributed by atoms with Gasteiger partial charge in [-0.3, -0.25) is 4.79 Å². The number of halogens is 2. The van der Waals surface area contributed by atoms with Crippen molar-refractivity contribution in [2.75, 3.05) is 30.3 Å². The highest BCUT2D eigenvalue weighted by atomic mass is 19.1. The highest BCUT2D eigenvalue weighted by Gasteiger charge is 2.32. The molecule has 4 rings (SSSR count). The zero-order valence-corrected chi connectivity index (χ0v) is 18.6. The predicted molar refractivity (Wildman–Crippen MR) is 124 cm³/mol. The lowest BCUT2D eigenvalue weighted by Gasteiger charge is -2.39. The number of anilines is 2. The Morgan fingerprint density at radius 2 is 2.00 bits per heavy atom. The number of aliphatic hydroxyl groups excluding tert-OH is 2. The van der Waals surface area contributed by atoms with Crippen LogP contribution in [0, 0.1) is 18.6 Å². The van der Waals surface area contributed by atoms with E-state index in [9.17, 15) is 24.2 Å². The Bertz CT molecular complexity index is 1390. The second-order valence-electron chi connectivity index (χ2n) is 8.11. The van der Waals surface area contributed by atoms with Crippen molar-refractivity contribution >= 4 is 41.6 Å². The minimum absolute atomic E-state index is 0.0131. The lowest BCUT2D eigenvalue weighted by atomic mass is 9.86. The van der Waals surface area contributed by atoms with Gasteiger partial charge in [-0.25, -0.2) is 13.6 Å². The summed E-state index contributed by atoms with van der Waals surface area (Å²) >= 11 is 0. The predicted octanol–water partition coefficient (Wildman–Crippen LogP) is 0.803.